The van der Waals surface area contributed by atoms with Gasteiger partial charge in [0.2, 0.25) is 0 Å². The van der Waals surface area contributed by atoms with E-state index < -0.39 is 18.5 Å². The number of rotatable bonds is 9. The molecule has 0 aliphatic heterocycles. The Labute approximate surface area is 164 Å². The lowest BCUT2D eigenvalue weighted by atomic mass is 10.2. The van der Waals surface area contributed by atoms with E-state index in [-0.39, 0.29) is 29.9 Å². The number of hydrogen-bond acceptors (Lipinski definition) is 5. The predicted molar refractivity (Wildman–Crippen MR) is 104 cm³/mol. The molecule has 2 N–H and O–H groups in total. The predicted octanol–water partition coefficient (Wildman–Crippen LogP) is 2.14. The molecule has 0 aliphatic rings. The maximum atomic E-state index is 12.5. The van der Waals surface area contributed by atoms with E-state index >= 15 is 0 Å². The van der Waals surface area contributed by atoms with Crippen molar-refractivity contribution in [2.45, 2.75) is 26.4 Å². The third-order valence-corrected chi connectivity index (χ3v) is 3.99. The number of primary amides is 1. The normalized spacial score (nSPS) is 10.4. The lowest BCUT2D eigenvalue weighted by molar-refractivity contribution is -0.154. The molecule has 0 atom stereocenters. The van der Waals surface area contributed by atoms with Gasteiger partial charge in [-0.15, -0.1) is 0 Å². The summed E-state index contributed by atoms with van der Waals surface area (Å²) in [5, 5.41) is 0. The molecule has 0 radical (unpaired) electrons. The number of carbonyl (C=O) groups is 3. The van der Waals surface area contributed by atoms with Crippen molar-refractivity contribution in [3.05, 3.63) is 65.7 Å². The molecule has 2 aromatic carbocycles. The van der Waals surface area contributed by atoms with Gasteiger partial charge in [0, 0.05) is 12.6 Å². The number of ether oxygens (including phenoxy) is 2. The van der Waals surface area contributed by atoms with E-state index in [1.54, 1.807) is 17.0 Å². The Balaban J connectivity index is 1.87. The molecular formula is C21H24N2O5. The molecule has 148 valence electrons. The minimum atomic E-state index is -0.712. The van der Waals surface area contributed by atoms with E-state index in [1.165, 1.54) is 12.1 Å². The number of hydrogen-bond donors (Lipinski definition) is 1. The molecule has 0 unspecified atom stereocenters. The van der Waals surface area contributed by atoms with Gasteiger partial charge in [-0.25, -0.2) is 4.79 Å². The van der Waals surface area contributed by atoms with E-state index in [4.69, 9.17) is 15.2 Å². The summed E-state index contributed by atoms with van der Waals surface area (Å²) >= 11 is 0. The van der Waals surface area contributed by atoms with Crippen molar-refractivity contribution in [1.82, 2.24) is 4.90 Å². The van der Waals surface area contributed by atoms with E-state index in [9.17, 15) is 14.4 Å². The SMILES string of the molecule is CC(C)N(Cc1ccccc1)C(=O)COC(=O)COc1ccccc1C(N)=O. The Kier molecular flexibility index (Phi) is 7.56. The van der Waals surface area contributed by atoms with Gasteiger partial charge < -0.3 is 20.1 Å². The molecule has 0 aliphatic carbocycles. The molecule has 0 saturated heterocycles. The second-order valence-electron chi connectivity index (χ2n) is 6.41. The Morgan fingerprint density at radius 3 is 2.25 bits per heavy atom. The highest BCUT2D eigenvalue weighted by Gasteiger charge is 2.19. The fraction of sp³-hybridized carbons (Fsp3) is 0.286. The third-order valence-electron chi connectivity index (χ3n) is 3.99. The van der Waals surface area contributed by atoms with Crippen LogP contribution in [0, 0.1) is 0 Å². The summed E-state index contributed by atoms with van der Waals surface area (Å²) in [6.07, 6.45) is 0. The van der Waals surface area contributed by atoms with Crippen molar-refractivity contribution in [1.29, 1.82) is 0 Å². The van der Waals surface area contributed by atoms with Crippen molar-refractivity contribution in [2.75, 3.05) is 13.2 Å². The monoisotopic (exact) mass is 384 g/mol. The maximum Gasteiger partial charge on any atom is 0.344 e. The van der Waals surface area contributed by atoms with Gasteiger partial charge >= 0.3 is 5.97 Å². The van der Waals surface area contributed by atoms with Crippen LogP contribution >= 0.6 is 0 Å². The van der Waals surface area contributed by atoms with Crippen LogP contribution in [0.1, 0.15) is 29.8 Å². The quantitative estimate of drug-likeness (QED) is 0.668. The standard InChI is InChI=1S/C21H24N2O5/c1-15(2)23(12-16-8-4-3-5-9-16)19(24)13-28-20(25)14-27-18-11-7-6-10-17(18)21(22)26/h3-11,15H,12-14H2,1-2H3,(H2,22,26). The van der Waals surface area contributed by atoms with Gasteiger partial charge in [-0.05, 0) is 31.5 Å². The molecule has 2 aromatic rings. The molecule has 0 heterocycles. The third kappa shape index (κ3) is 6.12. The number of carbonyl (C=O) groups excluding carboxylic acids is 3. The average molecular weight is 384 g/mol. The van der Waals surface area contributed by atoms with Gasteiger partial charge in [0.1, 0.15) is 5.75 Å². The molecule has 0 bridgehead atoms. The number of benzene rings is 2. The number of nitrogens with zero attached hydrogens (tertiary/aromatic N) is 1. The Morgan fingerprint density at radius 2 is 1.61 bits per heavy atom. The van der Waals surface area contributed by atoms with Crippen LogP contribution in [0.5, 0.6) is 5.75 Å². The highest BCUT2D eigenvalue weighted by Crippen LogP contribution is 2.17. The largest absolute Gasteiger partial charge is 0.481 e. The molecular weight excluding hydrogens is 360 g/mol. The molecule has 0 spiro atoms. The summed E-state index contributed by atoms with van der Waals surface area (Å²) in [5.74, 6) is -1.49. The molecule has 7 nitrogen and oxygen atoms in total. The number of amides is 2. The van der Waals surface area contributed by atoms with Gasteiger partial charge in [0.05, 0.1) is 5.56 Å². The zero-order valence-corrected chi connectivity index (χ0v) is 16.0. The topological polar surface area (TPSA) is 98.9 Å². The van der Waals surface area contributed by atoms with Crippen LogP contribution in [0.4, 0.5) is 0 Å². The van der Waals surface area contributed by atoms with Crippen LogP contribution < -0.4 is 10.5 Å². The summed E-state index contributed by atoms with van der Waals surface area (Å²) in [6.45, 7) is 3.40. The van der Waals surface area contributed by atoms with Crippen LogP contribution in [0.15, 0.2) is 54.6 Å². The fourth-order valence-corrected chi connectivity index (χ4v) is 2.54. The highest BCUT2D eigenvalue weighted by molar-refractivity contribution is 5.95. The summed E-state index contributed by atoms with van der Waals surface area (Å²) < 4.78 is 10.3. The molecule has 7 heteroatoms. The van der Waals surface area contributed by atoms with Crippen molar-refractivity contribution in [3.8, 4) is 5.75 Å². The Morgan fingerprint density at radius 1 is 0.964 bits per heavy atom. The smallest absolute Gasteiger partial charge is 0.344 e. The first kappa shape index (κ1) is 21.0. The highest BCUT2D eigenvalue weighted by atomic mass is 16.6. The molecule has 0 saturated carbocycles. The van der Waals surface area contributed by atoms with Gasteiger partial charge in [-0.1, -0.05) is 42.5 Å². The van der Waals surface area contributed by atoms with E-state index in [0.717, 1.165) is 5.56 Å². The van der Waals surface area contributed by atoms with Crippen molar-refractivity contribution in [2.24, 2.45) is 5.73 Å². The minimum Gasteiger partial charge on any atom is -0.481 e. The molecule has 2 rings (SSSR count). The summed E-state index contributed by atoms with van der Waals surface area (Å²) in [7, 11) is 0. The van der Waals surface area contributed by atoms with Crippen LogP contribution in [-0.4, -0.2) is 41.9 Å². The summed E-state index contributed by atoms with van der Waals surface area (Å²) in [6, 6.07) is 15.8. The van der Waals surface area contributed by atoms with Crippen molar-refractivity contribution in [3.63, 3.8) is 0 Å². The Bertz CT molecular complexity index is 821. The summed E-state index contributed by atoms with van der Waals surface area (Å²) in [5.41, 5.74) is 6.41. The zero-order valence-electron chi connectivity index (χ0n) is 16.0. The van der Waals surface area contributed by atoms with Gasteiger partial charge in [-0.2, -0.15) is 0 Å². The summed E-state index contributed by atoms with van der Waals surface area (Å²) in [4.78, 5) is 37.4. The number of nitrogens with two attached hydrogens (primary N) is 1. The molecule has 0 fully saturated rings. The van der Waals surface area contributed by atoms with Crippen LogP contribution in [0.25, 0.3) is 0 Å². The molecule has 2 amide bonds. The zero-order chi connectivity index (χ0) is 20.5. The van der Waals surface area contributed by atoms with Crippen LogP contribution in [0.3, 0.4) is 0 Å². The van der Waals surface area contributed by atoms with E-state index in [1.807, 2.05) is 44.2 Å². The Hall–Kier alpha value is -3.35. The first-order valence-corrected chi connectivity index (χ1v) is 8.89. The van der Waals surface area contributed by atoms with Crippen LogP contribution in [-0.2, 0) is 20.9 Å². The maximum absolute atomic E-state index is 12.5. The molecule has 0 aromatic heterocycles. The van der Waals surface area contributed by atoms with Gasteiger partial charge in [0.15, 0.2) is 13.2 Å². The number of esters is 1. The second kappa shape index (κ2) is 10.1. The van der Waals surface area contributed by atoms with E-state index in [0.29, 0.717) is 6.54 Å². The lowest BCUT2D eigenvalue weighted by Crippen LogP contribution is -2.39. The fourth-order valence-electron chi connectivity index (χ4n) is 2.54. The van der Waals surface area contributed by atoms with E-state index in [2.05, 4.69) is 0 Å². The first-order valence-electron chi connectivity index (χ1n) is 8.89. The molecule has 28 heavy (non-hydrogen) atoms. The second-order valence-corrected chi connectivity index (χ2v) is 6.41. The van der Waals surface area contributed by atoms with Gasteiger partial charge in [-0.3, -0.25) is 9.59 Å². The van der Waals surface area contributed by atoms with Crippen LogP contribution in [0.2, 0.25) is 0 Å². The average Bonchev–Trinajstić information content (AvgIpc) is 2.69. The van der Waals surface area contributed by atoms with Gasteiger partial charge in [0.25, 0.3) is 11.8 Å². The lowest BCUT2D eigenvalue weighted by Gasteiger charge is -2.26. The first-order chi connectivity index (χ1) is 13.4. The minimum absolute atomic E-state index is 0.0508. The number of para-hydroxylation sites is 1. The van der Waals surface area contributed by atoms with Crippen molar-refractivity contribution < 1.29 is 23.9 Å². The van der Waals surface area contributed by atoms with Crippen molar-refractivity contribution >= 4 is 17.8 Å².